The summed E-state index contributed by atoms with van der Waals surface area (Å²) >= 11 is 0. The van der Waals surface area contributed by atoms with Crippen molar-refractivity contribution in [3.05, 3.63) is 70.9 Å². The highest BCUT2D eigenvalue weighted by atomic mass is 19.4. The summed E-state index contributed by atoms with van der Waals surface area (Å²) in [5.41, 5.74) is -1.91. The maximum atomic E-state index is 13.4. The van der Waals surface area contributed by atoms with Gasteiger partial charge in [-0.25, -0.2) is 8.78 Å². The fourth-order valence-electron chi connectivity index (χ4n) is 2.65. The van der Waals surface area contributed by atoms with Gasteiger partial charge in [0.25, 0.3) is 11.8 Å². The van der Waals surface area contributed by atoms with Crippen molar-refractivity contribution in [3.63, 3.8) is 0 Å². The molecule has 2 N–H and O–H groups in total. The van der Waals surface area contributed by atoms with Crippen LogP contribution in [0.15, 0.2) is 48.2 Å². The molecule has 2 aromatic carbocycles. The van der Waals surface area contributed by atoms with Gasteiger partial charge in [-0.15, -0.1) is 0 Å². The molecule has 3 rings (SSSR count). The summed E-state index contributed by atoms with van der Waals surface area (Å²) in [7, 11) is 0. The summed E-state index contributed by atoms with van der Waals surface area (Å²) < 4.78 is 66.0. The molecule has 0 radical (unpaired) electrons. The van der Waals surface area contributed by atoms with Crippen LogP contribution in [0.25, 0.3) is 0 Å². The maximum Gasteiger partial charge on any atom is 0.416 e. The number of carbonyl (C=O) groups is 2. The normalized spacial score (nSPS) is 14.5. The van der Waals surface area contributed by atoms with Crippen molar-refractivity contribution in [1.82, 2.24) is 4.90 Å². The minimum atomic E-state index is -4.67. The molecular formula is C18H11F5N2O3. The van der Waals surface area contributed by atoms with E-state index in [0.717, 1.165) is 18.2 Å². The van der Waals surface area contributed by atoms with Crippen molar-refractivity contribution in [1.29, 1.82) is 0 Å². The Balaban J connectivity index is 1.82. The number of benzene rings is 2. The summed E-state index contributed by atoms with van der Waals surface area (Å²) in [6, 6.07) is 5.87. The zero-order valence-electron chi connectivity index (χ0n) is 13.8. The second-order valence-electron chi connectivity index (χ2n) is 5.86. The van der Waals surface area contributed by atoms with E-state index in [9.17, 15) is 31.5 Å². The first kappa shape index (κ1) is 19.3. The lowest BCUT2D eigenvalue weighted by Gasteiger charge is -2.18. The first-order chi connectivity index (χ1) is 13.1. The molecule has 10 heteroatoms. The van der Waals surface area contributed by atoms with Crippen LogP contribution in [0.1, 0.15) is 11.1 Å². The Kier molecular flexibility index (Phi) is 4.80. The lowest BCUT2D eigenvalue weighted by molar-refractivity contribution is -0.142. The Labute approximate surface area is 154 Å². The minimum Gasteiger partial charge on any atom is -0.503 e. The molecule has 1 heterocycles. The van der Waals surface area contributed by atoms with Crippen LogP contribution in [-0.2, 0) is 22.3 Å². The molecule has 1 aliphatic rings. The van der Waals surface area contributed by atoms with Gasteiger partial charge in [-0.05, 0) is 11.6 Å². The maximum absolute atomic E-state index is 13.4. The number of nitrogens with one attached hydrogen (secondary N) is 1. The minimum absolute atomic E-state index is 0.266. The van der Waals surface area contributed by atoms with Gasteiger partial charge in [0.05, 0.1) is 12.1 Å². The fourth-order valence-corrected chi connectivity index (χ4v) is 2.65. The second-order valence-corrected chi connectivity index (χ2v) is 5.86. The number of carbonyl (C=O) groups excluding carboxylic acids is 2. The molecule has 28 heavy (non-hydrogen) atoms. The molecule has 0 aliphatic carbocycles. The Bertz CT molecular complexity index is 978. The Morgan fingerprint density at radius 3 is 2.25 bits per heavy atom. The fraction of sp³-hybridized carbons (Fsp3) is 0.111. The number of rotatable bonds is 4. The molecule has 0 atom stereocenters. The molecular weight excluding hydrogens is 387 g/mol. The van der Waals surface area contributed by atoms with Gasteiger partial charge >= 0.3 is 6.18 Å². The first-order valence-electron chi connectivity index (χ1n) is 7.75. The lowest BCUT2D eigenvalue weighted by atomic mass is 10.1. The molecule has 0 saturated carbocycles. The number of anilines is 1. The highest BCUT2D eigenvalue weighted by molar-refractivity contribution is 6.17. The summed E-state index contributed by atoms with van der Waals surface area (Å²) in [4.78, 5) is 25.0. The van der Waals surface area contributed by atoms with Gasteiger partial charge in [0.1, 0.15) is 5.70 Å². The predicted octanol–water partition coefficient (Wildman–Crippen LogP) is 3.55. The molecule has 0 aromatic heterocycles. The molecule has 0 unspecified atom stereocenters. The summed E-state index contributed by atoms with van der Waals surface area (Å²) in [6.45, 7) is -0.632. The molecule has 0 fully saturated rings. The van der Waals surface area contributed by atoms with Gasteiger partial charge in [-0.3, -0.25) is 14.5 Å². The average molecular weight is 398 g/mol. The molecule has 2 amide bonds. The van der Waals surface area contributed by atoms with Gasteiger partial charge in [0, 0.05) is 23.9 Å². The van der Waals surface area contributed by atoms with Crippen molar-refractivity contribution < 1.29 is 36.6 Å². The Morgan fingerprint density at radius 1 is 1.04 bits per heavy atom. The van der Waals surface area contributed by atoms with E-state index < -0.39 is 47.5 Å². The number of alkyl halides is 3. The van der Waals surface area contributed by atoms with Crippen molar-refractivity contribution >= 4 is 17.5 Å². The first-order valence-corrected chi connectivity index (χ1v) is 7.75. The van der Waals surface area contributed by atoms with Crippen LogP contribution < -0.4 is 5.32 Å². The number of phenols is 1. The van der Waals surface area contributed by atoms with Crippen molar-refractivity contribution in [2.24, 2.45) is 0 Å². The van der Waals surface area contributed by atoms with Gasteiger partial charge < -0.3 is 10.4 Å². The van der Waals surface area contributed by atoms with Crippen molar-refractivity contribution in [2.75, 3.05) is 5.32 Å². The average Bonchev–Trinajstić information content (AvgIpc) is 2.86. The molecule has 0 bridgehead atoms. The van der Waals surface area contributed by atoms with Crippen LogP contribution in [-0.4, -0.2) is 21.8 Å². The van der Waals surface area contributed by atoms with E-state index >= 15 is 0 Å². The number of hydrogen-bond acceptors (Lipinski definition) is 4. The van der Waals surface area contributed by atoms with Crippen LogP contribution in [0.2, 0.25) is 0 Å². The number of aromatic hydroxyl groups is 1. The van der Waals surface area contributed by atoms with E-state index in [2.05, 4.69) is 5.32 Å². The summed E-state index contributed by atoms with van der Waals surface area (Å²) in [5.74, 6) is -5.65. The number of imide groups is 1. The smallest absolute Gasteiger partial charge is 0.416 e. The zero-order valence-corrected chi connectivity index (χ0v) is 13.8. The second kappa shape index (κ2) is 6.95. The Morgan fingerprint density at radius 2 is 1.64 bits per heavy atom. The predicted molar refractivity (Wildman–Crippen MR) is 86.7 cm³/mol. The molecule has 0 saturated heterocycles. The zero-order chi connectivity index (χ0) is 20.6. The number of hydrogen-bond donors (Lipinski definition) is 2. The molecule has 146 valence electrons. The van der Waals surface area contributed by atoms with Crippen LogP contribution >= 0.6 is 0 Å². The van der Waals surface area contributed by atoms with Gasteiger partial charge in [0.2, 0.25) is 0 Å². The van der Waals surface area contributed by atoms with E-state index in [1.54, 1.807) is 0 Å². The van der Waals surface area contributed by atoms with E-state index in [-0.39, 0.29) is 16.9 Å². The van der Waals surface area contributed by atoms with E-state index in [0.29, 0.717) is 17.0 Å². The quantitative estimate of drug-likeness (QED) is 0.470. The van der Waals surface area contributed by atoms with Crippen LogP contribution in [0, 0.1) is 11.6 Å². The largest absolute Gasteiger partial charge is 0.503 e. The number of nitrogens with zero attached hydrogens (tertiary/aromatic N) is 1. The summed E-state index contributed by atoms with van der Waals surface area (Å²) in [5, 5.41) is 11.4. The van der Waals surface area contributed by atoms with Gasteiger partial charge in [0.15, 0.2) is 17.4 Å². The molecule has 1 aliphatic heterocycles. The SMILES string of the molecule is O=C1C=C(Nc2cc(F)c(O)c(F)c2)C(=O)N1Cc1ccccc1C(F)(F)F. The number of amides is 2. The standard InChI is InChI=1S/C18H11F5N2O3/c19-12-5-10(6-13(20)16(12)27)24-14-7-15(26)25(17(14)28)8-9-3-1-2-4-11(9)18(21,22)23/h1-7,24,27H,8H2. The molecule has 0 spiro atoms. The van der Waals surface area contributed by atoms with Crippen molar-refractivity contribution in [2.45, 2.75) is 12.7 Å². The molecule has 2 aromatic rings. The third-order valence-corrected chi connectivity index (χ3v) is 3.96. The third-order valence-electron chi connectivity index (χ3n) is 3.96. The van der Waals surface area contributed by atoms with E-state index in [1.165, 1.54) is 12.1 Å². The third kappa shape index (κ3) is 3.66. The van der Waals surface area contributed by atoms with Gasteiger partial charge in [-0.1, -0.05) is 18.2 Å². The van der Waals surface area contributed by atoms with Gasteiger partial charge in [-0.2, -0.15) is 13.2 Å². The highest BCUT2D eigenvalue weighted by Crippen LogP contribution is 2.33. The summed E-state index contributed by atoms with van der Waals surface area (Å²) in [6.07, 6.45) is -3.86. The lowest BCUT2D eigenvalue weighted by Crippen LogP contribution is -2.32. The van der Waals surface area contributed by atoms with E-state index in [1.807, 2.05) is 0 Å². The van der Waals surface area contributed by atoms with E-state index in [4.69, 9.17) is 5.11 Å². The number of halogens is 5. The topological polar surface area (TPSA) is 69.6 Å². The number of phenolic OH excluding ortho intramolecular Hbond substituents is 1. The highest BCUT2D eigenvalue weighted by Gasteiger charge is 2.36. The monoisotopic (exact) mass is 398 g/mol. The molecule has 5 nitrogen and oxygen atoms in total. The van der Waals surface area contributed by atoms with Crippen LogP contribution in [0.5, 0.6) is 5.75 Å². The van der Waals surface area contributed by atoms with Crippen LogP contribution in [0.3, 0.4) is 0 Å². The Hall–Kier alpha value is -3.43. The van der Waals surface area contributed by atoms with Crippen LogP contribution in [0.4, 0.5) is 27.6 Å². The van der Waals surface area contributed by atoms with Crippen molar-refractivity contribution in [3.8, 4) is 5.75 Å².